The standard InChI is InChI=1S/C23H30N6O3S/c1-15-13-16(2)21(14-20(15)32-6)33(30,31)28-11-9-27(10-12-28)22-7-8-23(25-24-22)29-19(5)17(3)18(4)26-29/h7-8,13-14H,9-12H2,1-6H3. The summed E-state index contributed by atoms with van der Waals surface area (Å²) in [5, 5.41) is 13.3. The number of aromatic nitrogens is 4. The maximum atomic E-state index is 13.3. The summed E-state index contributed by atoms with van der Waals surface area (Å²) >= 11 is 0. The summed E-state index contributed by atoms with van der Waals surface area (Å²) in [6, 6.07) is 7.28. The van der Waals surface area contributed by atoms with Crippen LogP contribution in [0.25, 0.3) is 5.82 Å². The number of aryl methyl sites for hydroxylation is 3. The molecule has 9 nitrogen and oxygen atoms in total. The van der Waals surface area contributed by atoms with Crippen LogP contribution < -0.4 is 9.64 Å². The highest BCUT2D eigenvalue weighted by atomic mass is 32.2. The third-order valence-corrected chi connectivity index (χ3v) is 8.42. The van der Waals surface area contributed by atoms with E-state index in [1.165, 1.54) is 4.31 Å². The number of hydrogen-bond acceptors (Lipinski definition) is 7. The lowest BCUT2D eigenvalue weighted by molar-refractivity contribution is 0.381. The second kappa shape index (κ2) is 8.75. The predicted molar refractivity (Wildman–Crippen MR) is 127 cm³/mol. The van der Waals surface area contributed by atoms with Gasteiger partial charge < -0.3 is 9.64 Å². The average molecular weight is 471 g/mol. The van der Waals surface area contributed by atoms with Crippen molar-refractivity contribution in [3.05, 3.63) is 52.3 Å². The molecular formula is C23H30N6O3S. The molecular weight excluding hydrogens is 440 g/mol. The van der Waals surface area contributed by atoms with Crippen molar-refractivity contribution in [3.63, 3.8) is 0 Å². The van der Waals surface area contributed by atoms with E-state index in [0.717, 1.165) is 33.9 Å². The lowest BCUT2D eigenvalue weighted by Gasteiger charge is -2.34. The molecule has 1 aromatic carbocycles. The van der Waals surface area contributed by atoms with Gasteiger partial charge >= 0.3 is 0 Å². The van der Waals surface area contributed by atoms with Crippen LogP contribution >= 0.6 is 0 Å². The van der Waals surface area contributed by atoms with Crippen LogP contribution in [-0.2, 0) is 10.0 Å². The minimum atomic E-state index is -3.62. The summed E-state index contributed by atoms with van der Waals surface area (Å²) < 4.78 is 35.3. The monoisotopic (exact) mass is 470 g/mol. The molecule has 1 saturated heterocycles. The summed E-state index contributed by atoms with van der Waals surface area (Å²) in [5.41, 5.74) is 4.78. The normalized spacial score (nSPS) is 15.2. The summed E-state index contributed by atoms with van der Waals surface area (Å²) in [4.78, 5) is 2.35. The molecule has 10 heteroatoms. The summed E-state index contributed by atoms with van der Waals surface area (Å²) in [6.07, 6.45) is 0. The first kappa shape index (κ1) is 23.2. The van der Waals surface area contributed by atoms with Crippen molar-refractivity contribution >= 4 is 15.8 Å². The van der Waals surface area contributed by atoms with Gasteiger partial charge in [-0.3, -0.25) is 0 Å². The Balaban J connectivity index is 1.48. The number of benzene rings is 1. The second-order valence-corrected chi connectivity index (χ2v) is 10.3. The van der Waals surface area contributed by atoms with E-state index >= 15 is 0 Å². The Labute approximate surface area is 195 Å². The Kier molecular flexibility index (Phi) is 6.15. The molecule has 0 saturated carbocycles. The third-order valence-electron chi connectivity index (χ3n) is 6.38. The van der Waals surface area contributed by atoms with Gasteiger partial charge in [-0.25, -0.2) is 13.1 Å². The quantitative estimate of drug-likeness (QED) is 0.566. The fourth-order valence-electron chi connectivity index (χ4n) is 4.15. The van der Waals surface area contributed by atoms with E-state index in [1.807, 2.05) is 52.8 Å². The maximum absolute atomic E-state index is 13.3. The molecule has 4 rings (SSSR count). The summed E-state index contributed by atoms with van der Waals surface area (Å²) in [5.74, 6) is 1.96. The van der Waals surface area contributed by atoms with Crippen LogP contribution in [-0.4, -0.2) is 66.0 Å². The molecule has 0 aliphatic carbocycles. The van der Waals surface area contributed by atoms with E-state index in [-0.39, 0.29) is 0 Å². The highest BCUT2D eigenvalue weighted by molar-refractivity contribution is 7.89. The van der Waals surface area contributed by atoms with Gasteiger partial charge in [0.25, 0.3) is 0 Å². The average Bonchev–Trinajstić information content (AvgIpc) is 3.06. The summed E-state index contributed by atoms with van der Waals surface area (Å²) in [6.45, 7) is 11.6. The molecule has 1 fully saturated rings. The van der Waals surface area contributed by atoms with Crippen molar-refractivity contribution < 1.29 is 13.2 Å². The van der Waals surface area contributed by atoms with Gasteiger partial charge in [0.1, 0.15) is 5.75 Å². The molecule has 0 atom stereocenters. The zero-order valence-corrected chi connectivity index (χ0v) is 20.8. The molecule has 0 unspecified atom stereocenters. The van der Waals surface area contributed by atoms with Gasteiger partial charge in [0.2, 0.25) is 10.0 Å². The van der Waals surface area contributed by atoms with Crippen LogP contribution in [0.2, 0.25) is 0 Å². The van der Waals surface area contributed by atoms with Crippen LogP contribution in [0.5, 0.6) is 5.75 Å². The zero-order valence-electron chi connectivity index (χ0n) is 20.0. The number of rotatable bonds is 5. The molecule has 0 amide bonds. The molecule has 176 valence electrons. The van der Waals surface area contributed by atoms with Crippen molar-refractivity contribution in [2.75, 3.05) is 38.2 Å². The number of ether oxygens (including phenoxy) is 1. The molecule has 33 heavy (non-hydrogen) atoms. The second-order valence-electron chi connectivity index (χ2n) is 8.44. The van der Waals surface area contributed by atoms with Crippen molar-refractivity contribution in [2.45, 2.75) is 39.5 Å². The molecule has 0 spiro atoms. The molecule has 1 aliphatic rings. The number of hydrogen-bond donors (Lipinski definition) is 0. The molecule has 3 aromatic rings. The van der Waals surface area contributed by atoms with Gasteiger partial charge in [-0.05, 0) is 63.4 Å². The first-order valence-corrected chi connectivity index (χ1v) is 12.3. The van der Waals surface area contributed by atoms with Gasteiger partial charge in [0.15, 0.2) is 11.6 Å². The Bertz CT molecular complexity index is 1280. The molecule has 2 aromatic heterocycles. The topological polar surface area (TPSA) is 93.5 Å². The first-order chi connectivity index (χ1) is 15.6. The fourth-order valence-corrected chi connectivity index (χ4v) is 5.80. The van der Waals surface area contributed by atoms with Crippen LogP contribution in [0.4, 0.5) is 5.82 Å². The SMILES string of the molecule is COc1cc(S(=O)(=O)N2CCN(c3ccc(-n4nc(C)c(C)c4C)nn3)CC2)c(C)cc1C. The highest BCUT2D eigenvalue weighted by Crippen LogP contribution is 2.29. The van der Waals surface area contributed by atoms with E-state index in [9.17, 15) is 8.42 Å². The van der Waals surface area contributed by atoms with Gasteiger partial charge in [0.05, 0.1) is 17.7 Å². The Morgan fingerprint density at radius 3 is 2.06 bits per heavy atom. The van der Waals surface area contributed by atoms with Crippen molar-refractivity contribution in [1.82, 2.24) is 24.3 Å². The first-order valence-electron chi connectivity index (χ1n) is 10.9. The van der Waals surface area contributed by atoms with E-state index in [1.54, 1.807) is 17.9 Å². The van der Waals surface area contributed by atoms with Crippen LogP contribution in [0.3, 0.4) is 0 Å². The molecule has 3 heterocycles. The molecule has 0 N–H and O–H groups in total. The summed E-state index contributed by atoms with van der Waals surface area (Å²) in [7, 11) is -2.07. The number of sulfonamides is 1. The minimum absolute atomic E-state index is 0.294. The van der Waals surface area contributed by atoms with Gasteiger partial charge in [-0.1, -0.05) is 6.07 Å². The van der Waals surface area contributed by atoms with E-state index in [2.05, 4.69) is 20.2 Å². The van der Waals surface area contributed by atoms with Crippen molar-refractivity contribution in [1.29, 1.82) is 0 Å². The molecule has 0 bridgehead atoms. The fraction of sp³-hybridized carbons (Fsp3) is 0.435. The third kappa shape index (κ3) is 4.20. The molecule has 0 radical (unpaired) electrons. The van der Waals surface area contributed by atoms with Crippen LogP contribution in [0.15, 0.2) is 29.2 Å². The maximum Gasteiger partial charge on any atom is 0.243 e. The number of piperazine rings is 1. The highest BCUT2D eigenvalue weighted by Gasteiger charge is 2.31. The molecule has 1 aliphatic heterocycles. The number of methoxy groups -OCH3 is 1. The smallest absolute Gasteiger partial charge is 0.243 e. The Hall–Kier alpha value is -2.98. The Morgan fingerprint density at radius 1 is 0.879 bits per heavy atom. The van der Waals surface area contributed by atoms with E-state index in [0.29, 0.717) is 42.6 Å². The lowest BCUT2D eigenvalue weighted by Crippen LogP contribution is -2.49. The van der Waals surface area contributed by atoms with Gasteiger partial charge in [-0.15, -0.1) is 10.2 Å². The Morgan fingerprint density at radius 2 is 1.52 bits per heavy atom. The van der Waals surface area contributed by atoms with Gasteiger partial charge in [-0.2, -0.15) is 9.40 Å². The van der Waals surface area contributed by atoms with Crippen LogP contribution in [0, 0.1) is 34.6 Å². The van der Waals surface area contributed by atoms with Crippen LogP contribution in [0.1, 0.15) is 28.1 Å². The number of nitrogens with zero attached hydrogens (tertiary/aromatic N) is 6. The largest absolute Gasteiger partial charge is 0.496 e. The van der Waals surface area contributed by atoms with E-state index < -0.39 is 10.0 Å². The van der Waals surface area contributed by atoms with Gasteiger partial charge in [0, 0.05) is 37.9 Å². The van der Waals surface area contributed by atoms with Crippen molar-refractivity contribution in [3.8, 4) is 11.6 Å². The zero-order chi connectivity index (χ0) is 23.9. The van der Waals surface area contributed by atoms with Crippen molar-refractivity contribution in [2.24, 2.45) is 0 Å². The lowest BCUT2D eigenvalue weighted by atomic mass is 10.1. The van der Waals surface area contributed by atoms with E-state index in [4.69, 9.17) is 4.74 Å². The predicted octanol–water partition coefficient (Wildman–Crippen LogP) is 2.72. The minimum Gasteiger partial charge on any atom is -0.496 e. The number of anilines is 1.